The van der Waals surface area contributed by atoms with E-state index in [9.17, 15) is 9.18 Å². The van der Waals surface area contributed by atoms with Crippen molar-refractivity contribution >= 4 is 11.6 Å². The molecule has 0 fully saturated rings. The quantitative estimate of drug-likeness (QED) is 0.590. The van der Waals surface area contributed by atoms with Gasteiger partial charge in [-0.1, -0.05) is 30.3 Å². The molecule has 166 valence electrons. The van der Waals surface area contributed by atoms with Crippen molar-refractivity contribution in [3.8, 4) is 11.5 Å². The van der Waals surface area contributed by atoms with Crippen molar-refractivity contribution in [2.75, 3.05) is 18.6 Å². The van der Waals surface area contributed by atoms with Gasteiger partial charge in [0.25, 0.3) is 0 Å². The monoisotopic (exact) mass is 434 g/mol. The number of nitrogens with one attached hydrogen (secondary N) is 1. The first-order valence-electron chi connectivity index (χ1n) is 10.7. The fraction of sp³-hybridized carbons (Fsp3) is 0.269. The summed E-state index contributed by atoms with van der Waals surface area (Å²) < 4.78 is 24.5. The molecule has 32 heavy (non-hydrogen) atoms. The van der Waals surface area contributed by atoms with Gasteiger partial charge in [-0.3, -0.25) is 4.79 Å². The highest BCUT2D eigenvalue weighted by atomic mass is 19.1. The van der Waals surface area contributed by atoms with Crippen LogP contribution in [-0.4, -0.2) is 25.7 Å². The lowest BCUT2D eigenvalue weighted by atomic mass is 10.0. The molecule has 0 spiro atoms. The zero-order valence-electron chi connectivity index (χ0n) is 18.3. The van der Waals surface area contributed by atoms with Gasteiger partial charge in [0.2, 0.25) is 5.91 Å². The van der Waals surface area contributed by atoms with E-state index in [1.165, 1.54) is 12.1 Å². The van der Waals surface area contributed by atoms with E-state index in [-0.39, 0.29) is 17.8 Å². The van der Waals surface area contributed by atoms with Gasteiger partial charge < -0.3 is 19.7 Å². The highest BCUT2D eigenvalue weighted by Gasteiger charge is 2.29. The molecular weight excluding hydrogens is 407 g/mol. The predicted octanol–water partition coefficient (Wildman–Crippen LogP) is 4.62. The summed E-state index contributed by atoms with van der Waals surface area (Å²) in [7, 11) is 1.63. The van der Waals surface area contributed by atoms with Crippen molar-refractivity contribution in [3.63, 3.8) is 0 Å². The Morgan fingerprint density at radius 2 is 1.81 bits per heavy atom. The SMILES string of the molecule is COc1ccc(CNC(=O)CC2COc3cc(C)ccc3N2Cc2ccc(F)cc2)cc1. The number of carbonyl (C=O) groups excluding carboxylic acids is 1. The Balaban J connectivity index is 1.46. The Labute approximate surface area is 187 Å². The lowest BCUT2D eigenvalue weighted by Gasteiger charge is -2.38. The van der Waals surface area contributed by atoms with E-state index >= 15 is 0 Å². The van der Waals surface area contributed by atoms with Crippen LogP contribution in [-0.2, 0) is 17.9 Å². The van der Waals surface area contributed by atoms with Gasteiger partial charge in [0.1, 0.15) is 23.9 Å². The fourth-order valence-electron chi connectivity index (χ4n) is 3.85. The van der Waals surface area contributed by atoms with Crippen molar-refractivity contribution in [1.82, 2.24) is 5.32 Å². The number of anilines is 1. The van der Waals surface area contributed by atoms with Gasteiger partial charge in [-0.05, 0) is 60.0 Å². The number of fused-ring (bicyclic) bond motifs is 1. The van der Waals surface area contributed by atoms with Crippen LogP contribution in [0.3, 0.4) is 0 Å². The van der Waals surface area contributed by atoms with Gasteiger partial charge >= 0.3 is 0 Å². The topological polar surface area (TPSA) is 50.8 Å². The van der Waals surface area contributed by atoms with Crippen LogP contribution in [0.4, 0.5) is 10.1 Å². The zero-order chi connectivity index (χ0) is 22.5. The molecule has 0 aromatic heterocycles. The third kappa shape index (κ3) is 5.19. The van der Waals surface area contributed by atoms with Crippen LogP contribution in [0.15, 0.2) is 66.7 Å². The van der Waals surface area contributed by atoms with Crippen LogP contribution >= 0.6 is 0 Å². The molecule has 4 rings (SSSR count). The summed E-state index contributed by atoms with van der Waals surface area (Å²) in [5.74, 6) is 1.28. The smallest absolute Gasteiger partial charge is 0.222 e. The third-order valence-corrected chi connectivity index (χ3v) is 5.63. The summed E-state index contributed by atoms with van der Waals surface area (Å²) >= 11 is 0. The molecule has 6 heteroatoms. The summed E-state index contributed by atoms with van der Waals surface area (Å²) in [5, 5.41) is 3.00. The summed E-state index contributed by atoms with van der Waals surface area (Å²) in [6.07, 6.45) is 0.296. The Kier molecular flexibility index (Phi) is 6.59. The summed E-state index contributed by atoms with van der Waals surface area (Å²) in [5.41, 5.74) is 4.03. The number of methoxy groups -OCH3 is 1. The summed E-state index contributed by atoms with van der Waals surface area (Å²) in [6.45, 7) is 3.44. The molecule has 1 aliphatic rings. The lowest BCUT2D eigenvalue weighted by molar-refractivity contribution is -0.121. The molecule has 3 aromatic rings. The minimum Gasteiger partial charge on any atom is -0.497 e. The van der Waals surface area contributed by atoms with E-state index in [0.717, 1.165) is 33.9 Å². The third-order valence-electron chi connectivity index (χ3n) is 5.63. The molecule has 1 heterocycles. The molecule has 0 saturated carbocycles. The molecule has 3 aromatic carbocycles. The largest absolute Gasteiger partial charge is 0.497 e. The molecule has 0 saturated heterocycles. The maximum atomic E-state index is 13.4. The number of halogens is 1. The van der Waals surface area contributed by atoms with E-state index in [1.54, 1.807) is 19.2 Å². The Bertz CT molecular complexity index is 1070. The number of benzene rings is 3. The summed E-state index contributed by atoms with van der Waals surface area (Å²) in [4.78, 5) is 14.9. The minimum atomic E-state index is -0.263. The van der Waals surface area contributed by atoms with E-state index < -0.39 is 0 Å². The van der Waals surface area contributed by atoms with Gasteiger partial charge in [-0.25, -0.2) is 4.39 Å². The van der Waals surface area contributed by atoms with Crippen molar-refractivity contribution in [3.05, 3.63) is 89.2 Å². The van der Waals surface area contributed by atoms with Crippen LogP contribution in [0.5, 0.6) is 11.5 Å². The molecule has 1 aliphatic heterocycles. The normalized spacial score (nSPS) is 15.0. The van der Waals surface area contributed by atoms with E-state index in [2.05, 4.69) is 10.2 Å². The van der Waals surface area contributed by atoms with Crippen LogP contribution in [0.2, 0.25) is 0 Å². The van der Waals surface area contributed by atoms with Crippen LogP contribution in [0.1, 0.15) is 23.1 Å². The first kappa shape index (κ1) is 21.7. The molecule has 1 N–H and O–H groups in total. The first-order chi connectivity index (χ1) is 15.5. The molecule has 5 nitrogen and oxygen atoms in total. The molecule has 1 amide bonds. The first-order valence-corrected chi connectivity index (χ1v) is 10.7. The van der Waals surface area contributed by atoms with E-state index in [4.69, 9.17) is 9.47 Å². The standard InChI is InChI=1S/C26H27FN2O3/c1-18-3-12-24-25(13-18)32-17-22(29(24)16-20-4-8-21(27)9-5-20)14-26(30)28-15-19-6-10-23(31-2)11-7-19/h3-13,22H,14-17H2,1-2H3,(H,28,30). The summed E-state index contributed by atoms with van der Waals surface area (Å²) in [6, 6.07) is 20.0. The minimum absolute atomic E-state index is 0.0471. The Hall–Kier alpha value is -3.54. The average Bonchev–Trinajstić information content (AvgIpc) is 2.81. The second-order valence-electron chi connectivity index (χ2n) is 8.02. The highest BCUT2D eigenvalue weighted by molar-refractivity contribution is 5.77. The van der Waals surface area contributed by atoms with Gasteiger partial charge in [0, 0.05) is 13.1 Å². The van der Waals surface area contributed by atoms with Gasteiger partial charge in [0.05, 0.1) is 25.3 Å². The molecule has 0 bridgehead atoms. The number of ether oxygens (including phenoxy) is 2. The molecule has 0 radical (unpaired) electrons. The van der Waals surface area contributed by atoms with Gasteiger partial charge in [-0.2, -0.15) is 0 Å². The zero-order valence-corrected chi connectivity index (χ0v) is 18.3. The highest BCUT2D eigenvalue weighted by Crippen LogP contribution is 2.36. The van der Waals surface area contributed by atoms with Gasteiger partial charge in [0.15, 0.2) is 0 Å². The second-order valence-corrected chi connectivity index (χ2v) is 8.02. The van der Waals surface area contributed by atoms with Crippen molar-refractivity contribution in [2.24, 2.45) is 0 Å². The molecule has 1 atom stereocenters. The van der Waals surface area contributed by atoms with Crippen molar-refractivity contribution in [2.45, 2.75) is 32.5 Å². The number of hydrogen-bond donors (Lipinski definition) is 1. The Morgan fingerprint density at radius 1 is 1.09 bits per heavy atom. The predicted molar refractivity (Wildman–Crippen MR) is 123 cm³/mol. The maximum Gasteiger partial charge on any atom is 0.222 e. The maximum absolute atomic E-state index is 13.4. The number of aryl methyl sites for hydroxylation is 1. The van der Waals surface area contributed by atoms with Crippen LogP contribution in [0, 0.1) is 12.7 Å². The molecular formula is C26H27FN2O3. The number of rotatable bonds is 7. The van der Waals surface area contributed by atoms with Crippen LogP contribution in [0.25, 0.3) is 0 Å². The fourth-order valence-corrected chi connectivity index (χ4v) is 3.85. The number of amides is 1. The average molecular weight is 435 g/mol. The molecule has 1 unspecified atom stereocenters. The van der Waals surface area contributed by atoms with Crippen LogP contribution < -0.4 is 19.7 Å². The van der Waals surface area contributed by atoms with E-state index in [0.29, 0.717) is 26.1 Å². The number of carbonyl (C=O) groups is 1. The second kappa shape index (κ2) is 9.73. The Morgan fingerprint density at radius 3 is 2.53 bits per heavy atom. The molecule has 0 aliphatic carbocycles. The lowest BCUT2D eigenvalue weighted by Crippen LogP contribution is -2.45. The number of nitrogens with zero attached hydrogens (tertiary/aromatic N) is 1. The van der Waals surface area contributed by atoms with Gasteiger partial charge in [-0.15, -0.1) is 0 Å². The van der Waals surface area contributed by atoms with Crippen molar-refractivity contribution < 1.29 is 18.7 Å². The van der Waals surface area contributed by atoms with Crippen molar-refractivity contribution in [1.29, 1.82) is 0 Å². The number of hydrogen-bond acceptors (Lipinski definition) is 4. The van der Waals surface area contributed by atoms with E-state index in [1.807, 2.05) is 49.4 Å².